The number of carbonyl (C=O) groups is 2. The van der Waals surface area contributed by atoms with E-state index in [2.05, 4.69) is 5.32 Å². The molecule has 0 heterocycles. The highest BCUT2D eigenvalue weighted by molar-refractivity contribution is 5.94. The highest BCUT2D eigenvalue weighted by atomic mass is 19.2. The molecule has 0 unspecified atom stereocenters. The fraction of sp³-hybridized carbons (Fsp3) is 0.263. The Hall–Kier alpha value is -3.30. The number of rotatable bonds is 4. The summed E-state index contributed by atoms with van der Waals surface area (Å²) in [5, 5.41) is 20.1. The molecule has 0 bridgehead atoms. The third-order valence-corrected chi connectivity index (χ3v) is 3.42. The second-order valence-electron chi connectivity index (χ2n) is 7.19. The zero-order valence-corrected chi connectivity index (χ0v) is 15.8. The first-order chi connectivity index (χ1) is 13.2. The highest BCUT2D eigenvalue weighted by Crippen LogP contribution is 2.22. The van der Waals surface area contributed by atoms with Crippen LogP contribution in [-0.2, 0) is 0 Å². The molecule has 0 aromatic heterocycles. The van der Waals surface area contributed by atoms with Crippen molar-refractivity contribution in [2.45, 2.75) is 20.8 Å². The summed E-state index contributed by atoms with van der Waals surface area (Å²) in [5.41, 5.74) is 4.10. The lowest BCUT2D eigenvalue weighted by molar-refractivity contribution is 0.0686. The predicted octanol–water partition coefficient (Wildman–Crippen LogP) is 4.37. The minimum absolute atomic E-state index is 0.0892. The SMILES string of the molecule is CC(C)(C)CNc1cc(F)c(F)cc1C(=O)O.Nc1cc(F)c(F)cc1C(=O)O. The van der Waals surface area contributed by atoms with Gasteiger partial charge >= 0.3 is 11.9 Å². The Morgan fingerprint density at radius 3 is 1.72 bits per heavy atom. The van der Waals surface area contributed by atoms with Gasteiger partial charge in [-0.15, -0.1) is 0 Å². The number of hydrogen-bond acceptors (Lipinski definition) is 4. The number of anilines is 2. The van der Waals surface area contributed by atoms with Crippen LogP contribution in [-0.4, -0.2) is 28.7 Å². The van der Waals surface area contributed by atoms with Gasteiger partial charge in [-0.1, -0.05) is 20.8 Å². The Morgan fingerprint density at radius 1 is 0.862 bits per heavy atom. The van der Waals surface area contributed by atoms with Crippen molar-refractivity contribution in [3.8, 4) is 0 Å². The highest BCUT2D eigenvalue weighted by Gasteiger charge is 2.17. The molecule has 0 amide bonds. The molecule has 29 heavy (non-hydrogen) atoms. The van der Waals surface area contributed by atoms with Crippen LogP contribution < -0.4 is 11.1 Å². The zero-order valence-electron chi connectivity index (χ0n) is 15.8. The fourth-order valence-electron chi connectivity index (χ4n) is 1.98. The van der Waals surface area contributed by atoms with Gasteiger partial charge in [0, 0.05) is 24.4 Å². The van der Waals surface area contributed by atoms with Gasteiger partial charge in [-0.2, -0.15) is 0 Å². The van der Waals surface area contributed by atoms with Crippen LogP contribution in [0.3, 0.4) is 0 Å². The molecule has 0 radical (unpaired) electrons. The van der Waals surface area contributed by atoms with Gasteiger partial charge in [0.05, 0.1) is 16.8 Å². The third-order valence-electron chi connectivity index (χ3n) is 3.42. The van der Waals surface area contributed by atoms with Crippen molar-refractivity contribution in [3.05, 3.63) is 58.7 Å². The van der Waals surface area contributed by atoms with Crippen LogP contribution in [0.2, 0.25) is 0 Å². The Kier molecular flexibility index (Phi) is 7.58. The first-order valence-electron chi connectivity index (χ1n) is 8.17. The summed E-state index contributed by atoms with van der Waals surface area (Å²) in [6.45, 7) is 6.29. The van der Waals surface area contributed by atoms with Gasteiger partial charge in [-0.25, -0.2) is 27.2 Å². The van der Waals surface area contributed by atoms with Gasteiger partial charge in [-0.3, -0.25) is 0 Å². The molecule has 5 N–H and O–H groups in total. The molecule has 10 heteroatoms. The van der Waals surface area contributed by atoms with Gasteiger partial charge in [0.25, 0.3) is 0 Å². The normalized spacial score (nSPS) is 10.7. The maximum absolute atomic E-state index is 13.0. The summed E-state index contributed by atoms with van der Waals surface area (Å²) < 4.78 is 50.8. The molecular formula is C19H20F4N2O4. The number of carboxylic acids is 2. The molecule has 2 rings (SSSR count). The lowest BCUT2D eigenvalue weighted by Crippen LogP contribution is -2.20. The van der Waals surface area contributed by atoms with Crippen LogP contribution in [0.4, 0.5) is 28.9 Å². The van der Waals surface area contributed by atoms with E-state index in [0.29, 0.717) is 24.7 Å². The van der Waals surface area contributed by atoms with E-state index in [-0.39, 0.29) is 22.4 Å². The number of halogens is 4. The van der Waals surface area contributed by atoms with E-state index in [4.69, 9.17) is 15.9 Å². The third kappa shape index (κ3) is 6.98. The first-order valence-corrected chi connectivity index (χ1v) is 8.17. The fourth-order valence-corrected chi connectivity index (χ4v) is 1.98. The molecule has 0 aliphatic carbocycles. The average Bonchev–Trinajstić information content (AvgIpc) is 2.58. The maximum Gasteiger partial charge on any atom is 0.337 e. The van der Waals surface area contributed by atoms with Crippen LogP contribution >= 0.6 is 0 Å². The van der Waals surface area contributed by atoms with Crippen molar-refractivity contribution < 1.29 is 37.4 Å². The van der Waals surface area contributed by atoms with E-state index < -0.39 is 40.8 Å². The summed E-state index contributed by atoms with van der Waals surface area (Å²) >= 11 is 0. The van der Waals surface area contributed by atoms with Crippen LogP contribution in [0.5, 0.6) is 0 Å². The van der Waals surface area contributed by atoms with Crippen molar-refractivity contribution in [1.82, 2.24) is 0 Å². The summed E-state index contributed by atoms with van der Waals surface area (Å²) in [7, 11) is 0. The zero-order chi connectivity index (χ0) is 22.5. The van der Waals surface area contributed by atoms with Crippen LogP contribution in [0.25, 0.3) is 0 Å². The van der Waals surface area contributed by atoms with Crippen LogP contribution in [0.1, 0.15) is 41.5 Å². The van der Waals surface area contributed by atoms with Crippen molar-refractivity contribution in [2.75, 3.05) is 17.6 Å². The van der Waals surface area contributed by atoms with E-state index in [0.717, 1.165) is 6.07 Å². The van der Waals surface area contributed by atoms with E-state index >= 15 is 0 Å². The molecule has 2 aromatic carbocycles. The summed E-state index contributed by atoms with van der Waals surface area (Å²) in [4.78, 5) is 21.2. The Morgan fingerprint density at radius 2 is 1.28 bits per heavy atom. The lowest BCUT2D eigenvalue weighted by atomic mass is 9.96. The van der Waals surface area contributed by atoms with Gasteiger partial charge in [0.15, 0.2) is 23.3 Å². The minimum Gasteiger partial charge on any atom is -0.478 e. The van der Waals surface area contributed by atoms with Gasteiger partial charge in [-0.05, 0) is 17.5 Å². The van der Waals surface area contributed by atoms with Crippen LogP contribution in [0, 0.1) is 28.7 Å². The lowest BCUT2D eigenvalue weighted by Gasteiger charge is -2.20. The summed E-state index contributed by atoms with van der Waals surface area (Å²) in [6.07, 6.45) is 0. The van der Waals surface area contributed by atoms with E-state index in [1.807, 2.05) is 20.8 Å². The molecule has 0 spiro atoms. The Balaban J connectivity index is 0.000000308. The van der Waals surface area contributed by atoms with Crippen LogP contribution in [0.15, 0.2) is 24.3 Å². The van der Waals surface area contributed by atoms with Crippen molar-refractivity contribution in [1.29, 1.82) is 0 Å². The number of benzene rings is 2. The van der Waals surface area contributed by atoms with Crippen molar-refractivity contribution >= 4 is 23.3 Å². The molecule has 0 aliphatic rings. The van der Waals surface area contributed by atoms with E-state index in [1.165, 1.54) is 0 Å². The number of aromatic carboxylic acids is 2. The number of nitrogens with two attached hydrogens (primary N) is 1. The monoisotopic (exact) mass is 416 g/mol. The summed E-state index contributed by atoms with van der Waals surface area (Å²) in [6, 6.07) is 2.74. The molecule has 0 saturated carbocycles. The largest absolute Gasteiger partial charge is 0.478 e. The maximum atomic E-state index is 13.0. The molecule has 0 saturated heterocycles. The van der Waals surface area contributed by atoms with Gasteiger partial charge < -0.3 is 21.3 Å². The molecular weight excluding hydrogens is 396 g/mol. The number of hydrogen-bond donors (Lipinski definition) is 4. The Bertz CT molecular complexity index is 927. The standard InChI is InChI=1S/C12H15F2NO2.C7H5F2NO2/c1-12(2,3)6-15-10-5-9(14)8(13)4-7(10)11(16)17;8-4-1-3(7(11)12)6(10)2-5(4)9/h4-5,15H,6H2,1-3H3,(H,16,17);1-2H,10H2,(H,11,12). The molecule has 0 atom stereocenters. The number of carboxylic acid groups (broad SMARTS) is 2. The topological polar surface area (TPSA) is 113 Å². The summed E-state index contributed by atoms with van der Waals surface area (Å²) in [5.74, 6) is -7.28. The molecule has 158 valence electrons. The van der Waals surface area contributed by atoms with Gasteiger partial charge in [0.1, 0.15) is 0 Å². The molecule has 0 aliphatic heterocycles. The molecule has 0 fully saturated rings. The predicted molar refractivity (Wildman–Crippen MR) is 99.0 cm³/mol. The number of nitrogens with one attached hydrogen (secondary N) is 1. The van der Waals surface area contributed by atoms with Crippen molar-refractivity contribution in [2.24, 2.45) is 5.41 Å². The minimum atomic E-state index is -1.38. The smallest absolute Gasteiger partial charge is 0.337 e. The average molecular weight is 416 g/mol. The van der Waals surface area contributed by atoms with Crippen molar-refractivity contribution in [3.63, 3.8) is 0 Å². The second-order valence-corrected chi connectivity index (χ2v) is 7.19. The van der Waals surface area contributed by atoms with E-state index in [9.17, 15) is 27.2 Å². The Labute approximate surface area is 164 Å². The quantitative estimate of drug-likeness (QED) is 0.435. The molecule has 6 nitrogen and oxygen atoms in total. The molecule has 2 aromatic rings. The van der Waals surface area contributed by atoms with Gasteiger partial charge in [0.2, 0.25) is 0 Å². The number of nitrogen functional groups attached to an aromatic ring is 1. The second kappa shape index (κ2) is 9.26. The van der Waals surface area contributed by atoms with E-state index in [1.54, 1.807) is 0 Å². The first kappa shape index (κ1) is 23.7.